The van der Waals surface area contributed by atoms with Crippen LogP contribution in [0, 0.1) is 12.8 Å². The molecule has 0 fully saturated rings. The van der Waals surface area contributed by atoms with Crippen molar-refractivity contribution in [1.82, 2.24) is 9.78 Å². The van der Waals surface area contributed by atoms with Crippen molar-refractivity contribution in [3.63, 3.8) is 0 Å². The van der Waals surface area contributed by atoms with E-state index in [1.54, 1.807) is 10.7 Å². The number of aliphatic carboxylic acids is 1. The van der Waals surface area contributed by atoms with Crippen molar-refractivity contribution >= 4 is 11.9 Å². The topological polar surface area (TPSA) is 81.4 Å². The van der Waals surface area contributed by atoms with Gasteiger partial charge in [0.25, 0.3) is 0 Å². The summed E-state index contributed by atoms with van der Waals surface area (Å²) in [5.74, 6) is -3.10. The van der Waals surface area contributed by atoms with Gasteiger partial charge in [-0.25, -0.2) is 0 Å². The Balaban J connectivity index is 2.93. The van der Waals surface area contributed by atoms with Crippen molar-refractivity contribution in [2.24, 2.45) is 5.92 Å². The zero-order valence-corrected chi connectivity index (χ0v) is 10.1. The molecule has 0 amide bonds. The average Bonchev–Trinajstić information content (AvgIpc) is 2.65. The van der Waals surface area contributed by atoms with Crippen LogP contribution in [0.15, 0.2) is 6.07 Å². The molecule has 0 radical (unpaired) electrons. The summed E-state index contributed by atoms with van der Waals surface area (Å²) in [5, 5.41) is 13.2. The zero-order chi connectivity index (χ0) is 13.0. The number of hydrogen-bond acceptors (Lipinski definition) is 4. The van der Waals surface area contributed by atoms with Crippen LogP contribution in [0.3, 0.4) is 0 Å². The zero-order valence-electron chi connectivity index (χ0n) is 10.1. The van der Waals surface area contributed by atoms with Gasteiger partial charge in [0.05, 0.1) is 12.8 Å². The first-order valence-electron chi connectivity index (χ1n) is 5.33. The maximum absolute atomic E-state index is 11.3. The first kappa shape index (κ1) is 13.2. The second-order valence-corrected chi connectivity index (χ2v) is 3.71. The van der Waals surface area contributed by atoms with Crippen LogP contribution in [0.2, 0.25) is 0 Å². The fourth-order valence-electron chi connectivity index (χ4n) is 1.66. The van der Waals surface area contributed by atoms with E-state index in [-0.39, 0.29) is 6.42 Å². The smallest absolute Gasteiger partial charge is 0.320 e. The monoisotopic (exact) mass is 240 g/mol. The molecular formula is C11H16N2O4. The van der Waals surface area contributed by atoms with Crippen molar-refractivity contribution in [1.29, 1.82) is 0 Å². The minimum Gasteiger partial charge on any atom is -0.481 e. The molecule has 1 aromatic heterocycles. The maximum atomic E-state index is 11.3. The van der Waals surface area contributed by atoms with E-state index in [4.69, 9.17) is 5.11 Å². The molecule has 0 aliphatic rings. The molecular weight excluding hydrogens is 224 g/mol. The van der Waals surface area contributed by atoms with Crippen LogP contribution in [0.25, 0.3) is 0 Å². The van der Waals surface area contributed by atoms with E-state index in [0.29, 0.717) is 6.54 Å². The number of hydrogen-bond donors (Lipinski definition) is 1. The number of esters is 1. The summed E-state index contributed by atoms with van der Waals surface area (Å²) in [7, 11) is 1.18. The molecule has 0 aromatic carbocycles. The number of aromatic nitrogens is 2. The van der Waals surface area contributed by atoms with E-state index < -0.39 is 17.9 Å². The predicted octanol–water partition coefficient (Wildman–Crippen LogP) is 0.628. The van der Waals surface area contributed by atoms with Gasteiger partial charge >= 0.3 is 11.9 Å². The number of nitrogens with zero attached hydrogens (tertiary/aromatic N) is 2. The Morgan fingerprint density at radius 3 is 2.71 bits per heavy atom. The molecule has 17 heavy (non-hydrogen) atoms. The first-order chi connectivity index (χ1) is 7.99. The van der Waals surface area contributed by atoms with E-state index in [2.05, 4.69) is 9.84 Å². The lowest BCUT2D eigenvalue weighted by Gasteiger charge is -2.10. The Morgan fingerprint density at radius 1 is 1.59 bits per heavy atom. The van der Waals surface area contributed by atoms with Gasteiger partial charge in [0.1, 0.15) is 0 Å². The van der Waals surface area contributed by atoms with Gasteiger partial charge in [0.15, 0.2) is 5.92 Å². The van der Waals surface area contributed by atoms with Crippen LogP contribution in [0.5, 0.6) is 0 Å². The minimum atomic E-state index is -1.18. The molecule has 0 spiro atoms. The highest BCUT2D eigenvalue weighted by Gasteiger charge is 2.28. The Bertz CT molecular complexity index is 425. The van der Waals surface area contributed by atoms with Crippen LogP contribution in [-0.4, -0.2) is 33.9 Å². The Morgan fingerprint density at radius 2 is 2.24 bits per heavy atom. The van der Waals surface area contributed by atoms with Crippen LogP contribution in [0.1, 0.15) is 18.3 Å². The molecule has 0 saturated heterocycles. The molecule has 94 valence electrons. The van der Waals surface area contributed by atoms with E-state index >= 15 is 0 Å². The lowest BCUT2D eigenvalue weighted by Crippen LogP contribution is -2.28. The second-order valence-electron chi connectivity index (χ2n) is 3.71. The van der Waals surface area contributed by atoms with E-state index in [0.717, 1.165) is 11.4 Å². The van der Waals surface area contributed by atoms with Crippen molar-refractivity contribution in [3.05, 3.63) is 17.5 Å². The third-order valence-corrected chi connectivity index (χ3v) is 2.48. The van der Waals surface area contributed by atoms with E-state index in [1.807, 2.05) is 13.8 Å². The Hall–Kier alpha value is -1.85. The molecule has 0 aliphatic heterocycles. The number of rotatable bonds is 5. The molecule has 1 aromatic rings. The quantitative estimate of drug-likeness (QED) is 0.603. The Kier molecular flexibility index (Phi) is 4.25. The normalized spacial score (nSPS) is 12.2. The van der Waals surface area contributed by atoms with Gasteiger partial charge in [0, 0.05) is 18.7 Å². The molecule has 1 heterocycles. The summed E-state index contributed by atoms with van der Waals surface area (Å²) in [4.78, 5) is 22.3. The third-order valence-electron chi connectivity index (χ3n) is 2.48. The Labute approximate surface area is 99.2 Å². The molecule has 0 bridgehead atoms. The SMILES string of the molecule is CCn1nc(C)cc1CC(C(=O)O)C(=O)OC. The van der Waals surface area contributed by atoms with Gasteiger partial charge in [-0.15, -0.1) is 0 Å². The van der Waals surface area contributed by atoms with Gasteiger partial charge in [0.2, 0.25) is 0 Å². The first-order valence-corrected chi connectivity index (χ1v) is 5.33. The molecule has 6 nitrogen and oxygen atoms in total. The summed E-state index contributed by atoms with van der Waals surface area (Å²) >= 11 is 0. The largest absolute Gasteiger partial charge is 0.481 e. The lowest BCUT2D eigenvalue weighted by atomic mass is 10.0. The number of carbonyl (C=O) groups excluding carboxylic acids is 1. The highest BCUT2D eigenvalue weighted by atomic mass is 16.5. The summed E-state index contributed by atoms with van der Waals surface area (Å²) in [6.45, 7) is 4.37. The average molecular weight is 240 g/mol. The summed E-state index contributed by atoms with van der Waals surface area (Å²) in [6, 6.07) is 1.78. The fraction of sp³-hybridized carbons (Fsp3) is 0.545. The number of methoxy groups -OCH3 is 1. The fourth-order valence-corrected chi connectivity index (χ4v) is 1.66. The number of aryl methyl sites for hydroxylation is 2. The van der Waals surface area contributed by atoms with Crippen molar-refractivity contribution < 1.29 is 19.4 Å². The van der Waals surface area contributed by atoms with Crippen molar-refractivity contribution in [2.75, 3.05) is 7.11 Å². The molecule has 1 atom stereocenters. The van der Waals surface area contributed by atoms with Crippen LogP contribution in [0.4, 0.5) is 0 Å². The highest BCUT2D eigenvalue weighted by molar-refractivity contribution is 5.94. The number of carboxylic acids is 1. The summed E-state index contributed by atoms with van der Waals surface area (Å²) in [6.07, 6.45) is 0.0939. The molecule has 1 unspecified atom stereocenters. The van der Waals surface area contributed by atoms with Gasteiger partial charge in [-0.3, -0.25) is 14.3 Å². The highest BCUT2D eigenvalue weighted by Crippen LogP contribution is 2.12. The van der Waals surface area contributed by atoms with Gasteiger partial charge in [-0.1, -0.05) is 0 Å². The van der Waals surface area contributed by atoms with E-state index in [1.165, 1.54) is 7.11 Å². The lowest BCUT2D eigenvalue weighted by molar-refractivity contribution is -0.156. The van der Waals surface area contributed by atoms with Crippen LogP contribution in [-0.2, 0) is 27.3 Å². The van der Waals surface area contributed by atoms with Crippen molar-refractivity contribution in [3.8, 4) is 0 Å². The van der Waals surface area contributed by atoms with E-state index in [9.17, 15) is 9.59 Å². The molecule has 6 heteroatoms. The molecule has 1 rings (SSSR count). The standard InChI is InChI=1S/C11H16N2O4/c1-4-13-8(5-7(2)12-13)6-9(10(14)15)11(16)17-3/h5,9H,4,6H2,1-3H3,(H,14,15). The van der Waals surface area contributed by atoms with Crippen LogP contribution >= 0.6 is 0 Å². The third kappa shape index (κ3) is 3.05. The van der Waals surface area contributed by atoms with Crippen molar-refractivity contribution in [2.45, 2.75) is 26.8 Å². The molecule has 0 saturated carbocycles. The number of carbonyl (C=O) groups is 2. The predicted molar refractivity (Wildman–Crippen MR) is 59.5 cm³/mol. The number of carboxylic acid groups (broad SMARTS) is 1. The molecule has 0 aliphatic carbocycles. The number of ether oxygens (including phenoxy) is 1. The summed E-state index contributed by atoms with van der Waals surface area (Å²) < 4.78 is 6.17. The second kappa shape index (κ2) is 5.47. The van der Waals surface area contributed by atoms with Gasteiger partial charge in [-0.2, -0.15) is 5.10 Å². The van der Waals surface area contributed by atoms with Gasteiger partial charge in [-0.05, 0) is 19.9 Å². The van der Waals surface area contributed by atoms with Gasteiger partial charge < -0.3 is 9.84 Å². The summed E-state index contributed by atoms with van der Waals surface area (Å²) in [5.41, 5.74) is 1.53. The maximum Gasteiger partial charge on any atom is 0.320 e. The van der Waals surface area contributed by atoms with Crippen LogP contribution < -0.4 is 0 Å². The molecule has 1 N–H and O–H groups in total. The minimum absolute atomic E-state index is 0.0939.